The van der Waals surface area contributed by atoms with Crippen molar-refractivity contribution >= 4 is 52.5 Å². The minimum absolute atomic E-state index is 0.0436. The average molecular weight is 558 g/mol. The highest BCUT2D eigenvalue weighted by molar-refractivity contribution is 8.02. The van der Waals surface area contributed by atoms with Crippen LogP contribution < -0.4 is 15.4 Å². The van der Waals surface area contributed by atoms with Gasteiger partial charge in [-0.2, -0.15) is 0 Å². The molecule has 10 heteroatoms. The largest absolute Gasteiger partial charge is 0.494 e. The van der Waals surface area contributed by atoms with Gasteiger partial charge in [-0.15, -0.1) is 11.8 Å². The second kappa shape index (κ2) is 10.8. The number of amides is 3. The molecule has 0 aliphatic carbocycles. The number of aliphatic hydroxyl groups is 1. The van der Waals surface area contributed by atoms with E-state index in [2.05, 4.69) is 17.6 Å². The average Bonchev–Trinajstić information content (AvgIpc) is 3.49. The molecule has 0 radical (unpaired) electrons. The van der Waals surface area contributed by atoms with Crippen LogP contribution in [0.3, 0.4) is 0 Å². The molecule has 0 aromatic heterocycles. The van der Waals surface area contributed by atoms with Gasteiger partial charge in [0.15, 0.2) is 0 Å². The predicted octanol–water partition coefficient (Wildman–Crippen LogP) is 4.04. The molecule has 3 fully saturated rings. The Labute approximate surface area is 231 Å². The van der Waals surface area contributed by atoms with Gasteiger partial charge in [0.05, 0.1) is 33.9 Å². The third-order valence-electron chi connectivity index (χ3n) is 7.92. The molecule has 5 rings (SSSR count). The number of thioether (sulfide) groups is 1. The zero-order valence-corrected chi connectivity index (χ0v) is 22.9. The Bertz CT molecular complexity index is 1230. The molecule has 3 aliphatic heterocycles. The van der Waals surface area contributed by atoms with Crippen LogP contribution in [-0.2, 0) is 14.4 Å². The van der Waals surface area contributed by atoms with Crippen LogP contribution in [0.5, 0.6) is 5.75 Å². The Morgan fingerprint density at radius 3 is 2.58 bits per heavy atom. The second-order valence-electron chi connectivity index (χ2n) is 10.1. The van der Waals surface area contributed by atoms with Crippen molar-refractivity contribution in [1.82, 2.24) is 4.90 Å². The SMILES string of the molecule is CCOc1ccc(NC(=O)[C@@H]2[C@@H]3CC(C)C4(S3)C(C(=O)Nc3ccccc3Cl)N(CCCO)C(=O)[C@H]24)cc1. The fraction of sp³-hybridized carbons (Fsp3) is 0.464. The summed E-state index contributed by atoms with van der Waals surface area (Å²) in [6.07, 6.45) is 1.08. The van der Waals surface area contributed by atoms with E-state index in [0.29, 0.717) is 35.2 Å². The number of ether oxygens (including phenoxy) is 1. The number of para-hydroxylation sites is 1. The van der Waals surface area contributed by atoms with Crippen LogP contribution in [-0.4, -0.2) is 63.5 Å². The fourth-order valence-corrected chi connectivity index (χ4v) is 9.00. The number of nitrogens with zero attached hydrogens (tertiary/aromatic N) is 1. The first-order valence-electron chi connectivity index (χ1n) is 13.0. The van der Waals surface area contributed by atoms with Crippen LogP contribution in [0, 0.1) is 17.8 Å². The lowest BCUT2D eigenvalue weighted by atomic mass is 9.66. The predicted molar refractivity (Wildman–Crippen MR) is 148 cm³/mol. The number of fused-ring (bicyclic) bond motifs is 1. The summed E-state index contributed by atoms with van der Waals surface area (Å²) in [5.74, 6) is -1.18. The number of hydrogen-bond donors (Lipinski definition) is 3. The smallest absolute Gasteiger partial charge is 0.248 e. The van der Waals surface area contributed by atoms with E-state index in [1.807, 2.05) is 6.92 Å². The van der Waals surface area contributed by atoms with Crippen molar-refractivity contribution in [2.75, 3.05) is 30.4 Å². The lowest BCUT2D eigenvalue weighted by Crippen LogP contribution is -2.54. The Balaban J connectivity index is 1.45. The highest BCUT2D eigenvalue weighted by atomic mass is 35.5. The molecule has 2 aromatic carbocycles. The van der Waals surface area contributed by atoms with E-state index in [1.54, 1.807) is 65.2 Å². The van der Waals surface area contributed by atoms with Crippen LogP contribution in [0.1, 0.15) is 26.7 Å². The van der Waals surface area contributed by atoms with E-state index in [0.717, 1.165) is 6.42 Å². The zero-order chi connectivity index (χ0) is 27.0. The molecular formula is C28H32ClN3O5S. The molecule has 0 saturated carbocycles. The summed E-state index contributed by atoms with van der Waals surface area (Å²) >= 11 is 7.92. The maximum Gasteiger partial charge on any atom is 0.248 e. The molecule has 3 aliphatic rings. The van der Waals surface area contributed by atoms with Crippen molar-refractivity contribution in [2.24, 2.45) is 17.8 Å². The van der Waals surface area contributed by atoms with Gasteiger partial charge in [0.25, 0.3) is 0 Å². The minimum atomic E-state index is -0.781. The van der Waals surface area contributed by atoms with Gasteiger partial charge in [0, 0.05) is 24.1 Å². The second-order valence-corrected chi connectivity index (χ2v) is 12.0. The van der Waals surface area contributed by atoms with Crippen molar-refractivity contribution < 1.29 is 24.2 Å². The number of benzene rings is 2. The van der Waals surface area contributed by atoms with Crippen LogP contribution in [0.2, 0.25) is 5.02 Å². The van der Waals surface area contributed by atoms with Crippen molar-refractivity contribution in [3.63, 3.8) is 0 Å². The van der Waals surface area contributed by atoms with Gasteiger partial charge >= 0.3 is 0 Å². The van der Waals surface area contributed by atoms with Gasteiger partial charge in [-0.1, -0.05) is 30.7 Å². The standard InChI is InChI=1S/C28H32ClN3O5S/c1-3-37-18-11-9-17(10-12-18)30-25(34)22-21-15-16(2)28(38-21)23(22)27(36)32(13-6-14-33)24(28)26(35)31-20-8-5-4-7-19(20)29/h4-5,7-12,16,21-24,33H,3,6,13-15H2,1-2H3,(H,30,34)(H,31,35)/t16?,21-,22+,23-,24?,28?/m0/s1. The van der Waals surface area contributed by atoms with Gasteiger partial charge in [-0.25, -0.2) is 0 Å². The lowest BCUT2D eigenvalue weighted by Gasteiger charge is -2.38. The summed E-state index contributed by atoms with van der Waals surface area (Å²) in [7, 11) is 0. The Kier molecular flexibility index (Phi) is 7.62. The molecule has 2 aromatic rings. The van der Waals surface area contributed by atoms with Crippen molar-refractivity contribution in [1.29, 1.82) is 0 Å². The van der Waals surface area contributed by atoms with E-state index in [-0.39, 0.29) is 42.0 Å². The van der Waals surface area contributed by atoms with Gasteiger partial charge in [0.1, 0.15) is 11.8 Å². The third kappa shape index (κ3) is 4.44. The molecule has 3 unspecified atom stereocenters. The minimum Gasteiger partial charge on any atom is -0.494 e. The van der Waals surface area contributed by atoms with Gasteiger partial charge in [0.2, 0.25) is 17.7 Å². The number of likely N-dealkylation sites (tertiary alicyclic amines) is 1. The number of hydrogen-bond acceptors (Lipinski definition) is 6. The first kappa shape index (κ1) is 26.8. The van der Waals surface area contributed by atoms with Crippen LogP contribution in [0.15, 0.2) is 48.5 Å². The molecule has 6 atom stereocenters. The first-order valence-corrected chi connectivity index (χ1v) is 14.3. The fourth-order valence-electron chi connectivity index (χ4n) is 6.39. The third-order valence-corrected chi connectivity index (χ3v) is 10.3. The van der Waals surface area contributed by atoms with Crippen LogP contribution >= 0.6 is 23.4 Å². The number of rotatable bonds is 9. The normalized spacial score (nSPS) is 29.3. The van der Waals surface area contributed by atoms with E-state index in [9.17, 15) is 19.5 Å². The molecule has 8 nitrogen and oxygen atoms in total. The Hall–Kier alpha value is -2.75. The van der Waals surface area contributed by atoms with Gasteiger partial charge in [-0.3, -0.25) is 14.4 Å². The Morgan fingerprint density at radius 1 is 1.16 bits per heavy atom. The van der Waals surface area contributed by atoms with Crippen molar-refractivity contribution in [3.05, 3.63) is 53.6 Å². The quantitative estimate of drug-likeness (QED) is 0.429. The number of aliphatic hydroxyl groups excluding tert-OH is 1. The lowest BCUT2D eigenvalue weighted by molar-refractivity contribution is -0.138. The summed E-state index contributed by atoms with van der Waals surface area (Å²) in [6.45, 7) is 4.66. The number of halogens is 1. The maximum atomic E-state index is 14.0. The molecule has 1 spiro atoms. The van der Waals surface area contributed by atoms with Gasteiger partial charge < -0.3 is 25.4 Å². The molecule has 38 heavy (non-hydrogen) atoms. The molecule has 3 N–H and O–H groups in total. The van der Waals surface area contributed by atoms with E-state index >= 15 is 0 Å². The van der Waals surface area contributed by atoms with Crippen LogP contribution in [0.25, 0.3) is 0 Å². The summed E-state index contributed by atoms with van der Waals surface area (Å²) in [4.78, 5) is 43.1. The number of carbonyl (C=O) groups is 3. The number of anilines is 2. The van der Waals surface area contributed by atoms with Crippen LogP contribution in [0.4, 0.5) is 11.4 Å². The van der Waals surface area contributed by atoms with Crippen molar-refractivity contribution in [3.8, 4) is 5.75 Å². The molecule has 2 bridgehead atoms. The molecule has 3 heterocycles. The summed E-state index contributed by atoms with van der Waals surface area (Å²) in [5.41, 5.74) is 1.10. The monoisotopic (exact) mass is 557 g/mol. The highest BCUT2D eigenvalue weighted by Crippen LogP contribution is 2.68. The molecular weight excluding hydrogens is 526 g/mol. The number of carbonyl (C=O) groups excluding carboxylic acids is 3. The highest BCUT2D eigenvalue weighted by Gasteiger charge is 2.75. The number of nitrogens with one attached hydrogen (secondary N) is 2. The first-order chi connectivity index (χ1) is 18.3. The van der Waals surface area contributed by atoms with Gasteiger partial charge in [-0.05, 0) is 62.1 Å². The summed E-state index contributed by atoms with van der Waals surface area (Å²) in [5, 5.41) is 15.8. The molecule has 3 amide bonds. The summed E-state index contributed by atoms with van der Waals surface area (Å²) < 4.78 is 4.74. The Morgan fingerprint density at radius 2 is 1.89 bits per heavy atom. The summed E-state index contributed by atoms with van der Waals surface area (Å²) in [6, 6.07) is 13.4. The molecule has 202 valence electrons. The van der Waals surface area contributed by atoms with E-state index in [4.69, 9.17) is 16.3 Å². The maximum absolute atomic E-state index is 14.0. The molecule has 3 saturated heterocycles. The van der Waals surface area contributed by atoms with E-state index in [1.165, 1.54) is 0 Å². The van der Waals surface area contributed by atoms with Crippen molar-refractivity contribution in [2.45, 2.75) is 42.7 Å². The topological polar surface area (TPSA) is 108 Å². The van der Waals surface area contributed by atoms with E-state index < -0.39 is 22.6 Å². The zero-order valence-electron chi connectivity index (χ0n) is 21.4.